The highest BCUT2D eigenvalue weighted by atomic mass is 32.1. The minimum atomic E-state index is -0.642. The van der Waals surface area contributed by atoms with Crippen molar-refractivity contribution < 1.29 is 19.0 Å². The van der Waals surface area contributed by atoms with Gasteiger partial charge in [-0.15, -0.1) is 0 Å². The molecule has 1 unspecified atom stereocenters. The molecule has 6 rings (SSSR count). The zero-order valence-corrected chi connectivity index (χ0v) is 24.9. The zero-order chi connectivity index (χ0) is 29.9. The Labute approximate surface area is 252 Å². The van der Waals surface area contributed by atoms with Gasteiger partial charge in [-0.05, 0) is 65.6 Å². The van der Waals surface area contributed by atoms with E-state index in [1.807, 2.05) is 73.7 Å². The van der Waals surface area contributed by atoms with Gasteiger partial charge in [-0.25, -0.2) is 9.79 Å². The number of rotatable bonds is 8. The number of carbonyl (C=O) groups excluding carboxylic acids is 1. The smallest absolute Gasteiger partial charge is 0.338 e. The Morgan fingerprint density at radius 1 is 0.930 bits per heavy atom. The lowest BCUT2D eigenvalue weighted by molar-refractivity contribution is -0.136. The number of hydrogen-bond acceptors (Lipinski definition) is 7. The number of esters is 1. The summed E-state index contributed by atoms with van der Waals surface area (Å²) in [7, 11) is 1.33. The van der Waals surface area contributed by atoms with Crippen LogP contribution in [0.4, 0.5) is 0 Å². The Bertz CT molecular complexity index is 2040. The van der Waals surface area contributed by atoms with Crippen LogP contribution < -0.4 is 24.4 Å². The first-order chi connectivity index (χ1) is 21.0. The van der Waals surface area contributed by atoms with Gasteiger partial charge in [0.1, 0.15) is 6.61 Å². The summed E-state index contributed by atoms with van der Waals surface area (Å²) in [6, 6.07) is 29.0. The first kappa shape index (κ1) is 28.2. The van der Waals surface area contributed by atoms with Gasteiger partial charge in [-0.1, -0.05) is 84.1 Å². The minimum absolute atomic E-state index is 0.235. The lowest BCUT2D eigenvalue weighted by Gasteiger charge is -2.24. The van der Waals surface area contributed by atoms with Crippen molar-refractivity contribution in [1.29, 1.82) is 0 Å². The number of benzene rings is 4. The molecule has 0 amide bonds. The van der Waals surface area contributed by atoms with Crippen molar-refractivity contribution >= 4 is 34.2 Å². The molecule has 0 fully saturated rings. The maximum atomic E-state index is 13.8. The van der Waals surface area contributed by atoms with Crippen molar-refractivity contribution in [2.24, 2.45) is 4.99 Å². The summed E-state index contributed by atoms with van der Waals surface area (Å²) in [4.78, 5) is 31.8. The summed E-state index contributed by atoms with van der Waals surface area (Å²) in [5.41, 5.74) is 3.28. The summed E-state index contributed by atoms with van der Waals surface area (Å²) in [5.74, 6) is 0.705. The Hall–Kier alpha value is -4.95. The second-order valence-electron chi connectivity index (χ2n) is 10.1. The average Bonchev–Trinajstić information content (AvgIpc) is 3.33. The Balaban J connectivity index is 1.35. The van der Waals surface area contributed by atoms with Crippen LogP contribution >= 0.6 is 11.3 Å². The van der Waals surface area contributed by atoms with Crippen molar-refractivity contribution in [1.82, 2.24) is 4.57 Å². The van der Waals surface area contributed by atoms with E-state index in [0.717, 1.165) is 22.1 Å². The van der Waals surface area contributed by atoms with E-state index in [0.29, 0.717) is 45.3 Å². The monoisotopic (exact) mass is 590 g/mol. The fourth-order valence-corrected chi connectivity index (χ4v) is 6.33. The van der Waals surface area contributed by atoms with Crippen LogP contribution in [0.5, 0.6) is 11.5 Å². The molecular formula is C35H30N2O5S. The number of hydrogen-bond donors (Lipinski definition) is 0. The van der Waals surface area contributed by atoms with Gasteiger partial charge in [0.25, 0.3) is 5.56 Å². The Morgan fingerprint density at radius 3 is 2.47 bits per heavy atom. The molecule has 8 heteroatoms. The molecule has 0 N–H and O–H groups in total. The fraction of sp³-hybridized carbons (Fsp3) is 0.171. The first-order valence-electron chi connectivity index (χ1n) is 14.0. The Kier molecular flexibility index (Phi) is 7.94. The molecule has 0 saturated carbocycles. The van der Waals surface area contributed by atoms with E-state index in [1.165, 1.54) is 23.8 Å². The van der Waals surface area contributed by atoms with Gasteiger partial charge in [0.2, 0.25) is 0 Å². The van der Waals surface area contributed by atoms with Gasteiger partial charge in [0.15, 0.2) is 16.3 Å². The standard InChI is InChI=1S/C35H30N2O5S/c1-4-41-29-19-23(15-17-28(29)42-21-24-14-16-25-10-8-9-13-27(25)18-24)20-30-33(38)37-32(26-11-6-5-7-12-26)31(34(39)40-3)22(2)36-35(37)43-30/h5-20,32H,4,21H2,1-3H3. The van der Waals surface area contributed by atoms with Gasteiger partial charge in [-0.2, -0.15) is 0 Å². The number of allylic oxidation sites excluding steroid dienone is 1. The third kappa shape index (κ3) is 5.61. The van der Waals surface area contributed by atoms with Crippen LogP contribution in [0.1, 0.15) is 36.6 Å². The summed E-state index contributed by atoms with van der Waals surface area (Å²) in [6.07, 6.45) is 1.82. The summed E-state index contributed by atoms with van der Waals surface area (Å²) >= 11 is 1.28. The van der Waals surface area contributed by atoms with E-state index < -0.39 is 12.0 Å². The molecule has 0 spiro atoms. The number of carbonyl (C=O) groups is 1. The van der Waals surface area contributed by atoms with Crippen molar-refractivity contribution in [2.75, 3.05) is 13.7 Å². The molecule has 1 aliphatic rings. The molecule has 1 atom stereocenters. The molecule has 2 heterocycles. The lowest BCUT2D eigenvalue weighted by Crippen LogP contribution is -2.39. The third-order valence-electron chi connectivity index (χ3n) is 7.32. The molecule has 0 aliphatic carbocycles. The van der Waals surface area contributed by atoms with Crippen LogP contribution in [0.15, 0.2) is 112 Å². The predicted octanol–water partition coefficient (Wildman–Crippen LogP) is 5.54. The Morgan fingerprint density at radius 2 is 1.70 bits per heavy atom. The van der Waals surface area contributed by atoms with Gasteiger partial charge >= 0.3 is 5.97 Å². The largest absolute Gasteiger partial charge is 0.490 e. The summed E-state index contributed by atoms with van der Waals surface area (Å²) in [6.45, 7) is 4.54. The van der Waals surface area contributed by atoms with Crippen LogP contribution in [-0.2, 0) is 16.1 Å². The molecule has 0 radical (unpaired) electrons. The number of nitrogens with zero attached hydrogens (tertiary/aromatic N) is 2. The van der Waals surface area contributed by atoms with Crippen LogP contribution in [0, 0.1) is 0 Å². The van der Waals surface area contributed by atoms with Crippen LogP contribution in [-0.4, -0.2) is 24.3 Å². The van der Waals surface area contributed by atoms with E-state index in [-0.39, 0.29) is 5.56 Å². The molecular weight excluding hydrogens is 560 g/mol. The van der Waals surface area contributed by atoms with E-state index in [9.17, 15) is 9.59 Å². The highest BCUT2D eigenvalue weighted by Crippen LogP contribution is 2.31. The number of thiazole rings is 1. The van der Waals surface area contributed by atoms with E-state index in [4.69, 9.17) is 14.2 Å². The minimum Gasteiger partial charge on any atom is -0.490 e. The summed E-state index contributed by atoms with van der Waals surface area (Å²) in [5, 5.41) is 2.34. The topological polar surface area (TPSA) is 79.1 Å². The highest BCUT2D eigenvalue weighted by Gasteiger charge is 2.32. The number of fused-ring (bicyclic) bond motifs is 2. The normalized spacial score (nSPS) is 14.8. The molecule has 43 heavy (non-hydrogen) atoms. The maximum absolute atomic E-state index is 13.8. The van der Waals surface area contributed by atoms with Crippen LogP contribution in [0.2, 0.25) is 0 Å². The molecule has 4 aromatic carbocycles. The third-order valence-corrected chi connectivity index (χ3v) is 8.30. The van der Waals surface area contributed by atoms with Crippen molar-refractivity contribution in [3.63, 3.8) is 0 Å². The number of ether oxygens (including phenoxy) is 3. The van der Waals surface area contributed by atoms with Gasteiger partial charge < -0.3 is 14.2 Å². The molecule has 1 aliphatic heterocycles. The van der Waals surface area contributed by atoms with Crippen molar-refractivity contribution in [2.45, 2.75) is 26.5 Å². The van der Waals surface area contributed by atoms with Crippen molar-refractivity contribution in [3.05, 3.63) is 139 Å². The maximum Gasteiger partial charge on any atom is 0.338 e. The zero-order valence-electron chi connectivity index (χ0n) is 24.1. The molecule has 7 nitrogen and oxygen atoms in total. The second-order valence-corrected chi connectivity index (χ2v) is 11.1. The molecule has 0 saturated heterocycles. The first-order valence-corrected chi connectivity index (χ1v) is 14.8. The van der Waals surface area contributed by atoms with E-state index in [2.05, 4.69) is 35.3 Å². The average molecular weight is 591 g/mol. The number of aromatic nitrogens is 1. The predicted molar refractivity (Wildman–Crippen MR) is 168 cm³/mol. The van der Waals surface area contributed by atoms with Crippen molar-refractivity contribution in [3.8, 4) is 11.5 Å². The van der Waals surface area contributed by atoms with E-state index in [1.54, 1.807) is 11.5 Å². The van der Waals surface area contributed by atoms with Gasteiger partial charge in [-0.3, -0.25) is 9.36 Å². The van der Waals surface area contributed by atoms with Crippen LogP contribution in [0.25, 0.3) is 16.8 Å². The summed E-state index contributed by atoms with van der Waals surface area (Å²) < 4.78 is 19.3. The quantitative estimate of drug-likeness (QED) is 0.222. The second kappa shape index (κ2) is 12.1. The molecule has 216 valence electrons. The number of methoxy groups -OCH3 is 1. The van der Waals surface area contributed by atoms with Gasteiger partial charge in [0, 0.05) is 0 Å². The highest BCUT2D eigenvalue weighted by molar-refractivity contribution is 7.07. The molecule has 5 aromatic rings. The SMILES string of the molecule is CCOc1cc(C=c2sc3n(c2=O)C(c2ccccc2)C(C(=O)OC)=C(C)N=3)ccc1OCc1ccc2ccccc2c1. The molecule has 1 aromatic heterocycles. The molecule has 0 bridgehead atoms. The fourth-order valence-electron chi connectivity index (χ4n) is 5.29. The van der Waals surface area contributed by atoms with Gasteiger partial charge in [0.05, 0.1) is 35.6 Å². The van der Waals surface area contributed by atoms with E-state index >= 15 is 0 Å². The lowest BCUT2D eigenvalue weighted by atomic mass is 9.96. The van der Waals surface area contributed by atoms with Crippen LogP contribution in [0.3, 0.4) is 0 Å².